The first-order valence-electron chi connectivity index (χ1n) is 37.9. The van der Waals surface area contributed by atoms with Crippen molar-refractivity contribution in [3.63, 3.8) is 0 Å². The zero-order chi connectivity index (χ0) is 89.4. The van der Waals surface area contributed by atoms with Gasteiger partial charge in [-0.3, -0.25) is 44.4 Å². The molecule has 43 heteroatoms. The van der Waals surface area contributed by atoms with Gasteiger partial charge in [0.2, 0.25) is 28.7 Å². The number of aromatic nitrogens is 15. The number of amides is 3. The Kier molecular flexibility index (Phi) is 31.9. The fourth-order valence-electron chi connectivity index (χ4n) is 10.8. The number of nitrogens with two attached hydrogens (primary N) is 2. The van der Waals surface area contributed by atoms with E-state index >= 15 is 0 Å². The van der Waals surface area contributed by atoms with Gasteiger partial charge in [0.15, 0.2) is 28.5 Å². The van der Waals surface area contributed by atoms with Gasteiger partial charge in [-0.15, -0.1) is 0 Å². The molecule has 41 nitrogen and oxygen atoms in total. The molecule has 0 unspecified atom stereocenters. The molecular weight excluding hydrogens is 1640 g/mol. The van der Waals surface area contributed by atoms with Crippen LogP contribution in [-0.2, 0) is 9.47 Å². The largest absolute Gasteiger partial charge is 0.480 e. The molecule has 8 N–H and O–H groups in total. The fourth-order valence-corrected chi connectivity index (χ4v) is 11.2. The number of anilines is 9. The number of nitrogen functional groups attached to an aromatic ring is 2. The van der Waals surface area contributed by atoms with Crippen LogP contribution in [0.5, 0.6) is 29.4 Å². The summed E-state index contributed by atoms with van der Waals surface area (Å²) in [6, 6.07) is 25.0. The molecule has 0 bridgehead atoms. The molecule has 648 valence electrons. The predicted molar refractivity (Wildman–Crippen MR) is 459 cm³/mol. The van der Waals surface area contributed by atoms with Crippen molar-refractivity contribution in [2.24, 2.45) is 11.8 Å². The summed E-state index contributed by atoms with van der Waals surface area (Å²) in [6.45, 7) is 10.7. The van der Waals surface area contributed by atoms with Crippen LogP contribution in [0.1, 0.15) is 124 Å². The minimum atomic E-state index is -0.669. The van der Waals surface area contributed by atoms with E-state index in [9.17, 15) is 44.2 Å². The Hall–Kier alpha value is -14.5. The van der Waals surface area contributed by atoms with Gasteiger partial charge in [0.05, 0.1) is 86.5 Å². The lowest BCUT2D eigenvalue weighted by Gasteiger charge is -2.25. The third-order valence-corrected chi connectivity index (χ3v) is 17.7. The monoisotopic (exact) mass is 1730 g/mol. The summed E-state index contributed by atoms with van der Waals surface area (Å²) in [4.78, 5) is 121. The van der Waals surface area contributed by atoms with Gasteiger partial charge in [0.25, 0.3) is 11.8 Å². The Morgan fingerprint density at radius 3 is 1.28 bits per heavy atom. The van der Waals surface area contributed by atoms with Crippen LogP contribution in [0.25, 0.3) is 16.9 Å². The van der Waals surface area contributed by atoms with E-state index < -0.39 is 33.2 Å². The van der Waals surface area contributed by atoms with Crippen molar-refractivity contribution in [3.8, 4) is 29.4 Å². The molecule has 3 fully saturated rings. The second-order valence-corrected chi connectivity index (χ2v) is 29.7. The van der Waals surface area contributed by atoms with E-state index in [2.05, 4.69) is 86.2 Å². The quantitative estimate of drug-likeness (QED) is 0.0121. The van der Waals surface area contributed by atoms with E-state index in [1.54, 1.807) is 162 Å². The van der Waals surface area contributed by atoms with Gasteiger partial charge in [-0.2, -0.15) is 28.8 Å². The summed E-state index contributed by atoms with van der Waals surface area (Å²) in [6.07, 6.45) is 20.2. The molecule has 3 aliphatic rings. The molecule has 12 aromatic heterocycles. The highest BCUT2D eigenvalue weighted by molar-refractivity contribution is 6.31. The number of hydrogen-bond donors (Lipinski definition) is 6. The van der Waals surface area contributed by atoms with Gasteiger partial charge in [0, 0.05) is 108 Å². The zero-order valence-corrected chi connectivity index (χ0v) is 71.2. The number of nitrogens with one attached hydrogen (secondary N) is 4. The number of ether oxygens (including phenoxy) is 7. The average Bonchev–Trinajstić information content (AvgIpc) is 1.65. The molecule has 3 saturated carbocycles. The third kappa shape index (κ3) is 26.2. The lowest BCUT2D eigenvalue weighted by atomic mass is 10.1. The summed E-state index contributed by atoms with van der Waals surface area (Å²) in [5.41, 5.74) is 14.2. The molecule has 0 radical (unpaired) electrons. The number of carbonyl (C=O) groups is 5. The number of carbonyl (C=O) groups excluding carboxylic acids is 5. The van der Waals surface area contributed by atoms with Gasteiger partial charge in [0.1, 0.15) is 62.4 Å². The van der Waals surface area contributed by atoms with E-state index in [1.165, 1.54) is 88.2 Å². The first-order valence-corrected chi connectivity index (χ1v) is 38.6. The number of rotatable bonds is 22. The summed E-state index contributed by atoms with van der Waals surface area (Å²) in [5, 5.41) is 45.7. The maximum atomic E-state index is 12.9. The van der Waals surface area contributed by atoms with Crippen molar-refractivity contribution in [1.29, 1.82) is 0 Å². The van der Waals surface area contributed by atoms with E-state index in [-0.39, 0.29) is 56.7 Å². The molecule has 0 saturated heterocycles. The topological polar surface area (TPSA) is 511 Å². The summed E-state index contributed by atoms with van der Waals surface area (Å²) in [7, 11) is 12.4. The number of nitro groups is 2. The molecule has 12 aromatic rings. The zero-order valence-electron chi connectivity index (χ0n) is 69.7. The molecule has 0 spiro atoms. The summed E-state index contributed by atoms with van der Waals surface area (Å²) >= 11 is 11.5. The lowest BCUT2D eigenvalue weighted by Crippen LogP contribution is -2.35. The molecule has 3 amide bonds. The fraction of sp³-hybridized carbons (Fsp3) is 0.338. The van der Waals surface area contributed by atoms with Crippen molar-refractivity contribution < 1.29 is 67.0 Å². The van der Waals surface area contributed by atoms with E-state index in [1.807, 2.05) is 18.2 Å². The first-order chi connectivity index (χ1) is 58.7. The van der Waals surface area contributed by atoms with Gasteiger partial charge in [-0.1, -0.05) is 23.2 Å². The van der Waals surface area contributed by atoms with Crippen LogP contribution < -0.4 is 66.2 Å². The van der Waals surface area contributed by atoms with Crippen LogP contribution in [0.4, 0.5) is 72.8 Å². The van der Waals surface area contributed by atoms with Crippen molar-refractivity contribution in [2.75, 3.05) is 93.9 Å². The van der Waals surface area contributed by atoms with Crippen LogP contribution in [0.15, 0.2) is 147 Å². The Labute approximate surface area is 714 Å². The second-order valence-electron chi connectivity index (χ2n) is 29.0. The molecule has 3 aliphatic carbocycles. The number of halogens is 2. The van der Waals surface area contributed by atoms with Crippen molar-refractivity contribution in [3.05, 3.63) is 194 Å². The first kappa shape index (κ1) is 92.4. The number of Topliss-reactive ketones (excluding diaryl/α,β-unsaturated/α-hetero) is 2. The number of methoxy groups -OCH3 is 5. The minimum Gasteiger partial charge on any atom is -0.480 e. The number of nitrogens with zero attached hydrogens (tertiary/aromatic N) is 19. The van der Waals surface area contributed by atoms with Crippen LogP contribution >= 0.6 is 23.2 Å². The number of ketones is 2. The lowest BCUT2D eigenvalue weighted by molar-refractivity contribution is -0.386. The third-order valence-electron chi connectivity index (χ3n) is 17.2. The van der Waals surface area contributed by atoms with E-state index in [0.717, 1.165) is 44.3 Å². The van der Waals surface area contributed by atoms with Gasteiger partial charge >= 0.3 is 23.6 Å². The number of hydrogen-bond acceptors (Lipinski definition) is 33. The minimum absolute atomic E-state index is 0.0121. The summed E-state index contributed by atoms with van der Waals surface area (Å²) < 4.78 is 40.3. The predicted octanol–water partition coefficient (Wildman–Crippen LogP) is 13.8. The normalized spacial score (nSPS) is 12.4. The van der Waals surface area contributed by atoms with E-state index in [4.69, 9.17) is 63.1 Å². The van der Waals surface area contributed by atoms with Gasteiger partial charge < -0.3 is 65.9 Å². The molecule has 15 rings (SSSR count). The Morgan fingerprint density at radius 1 is 0.504 bits per heavy atom. The Morgan fingerprint density at radius 2 is 0.886 bits per heavy atom. The Bertz CT molecular complexity index is 5670. The molecule has 0 aliphatic heterocycles. The molecule has 12 heterocycles. The Balaban J connectivity index is 0.000000173. The highest BCUT2D eigenvalue weighted by Crippen LogP contribution is 2.37. The van der Waals surface area contributed by atoms with Crippen LogP contribution in [-0.4, -0.2) is 187 Å². The maximum absolute atomic E-state index is 12.9. The number of pyridine rings is 6. The van der Waals surface area contributed by atoms with Crippen molar-refractivity contribution in [1.82, 2.24) is 79.0 Å². The SMILES string of the molecule is CN(C(=O)OC(C)(C)C)c1cc(Cl)nc2c(C(=O)NC3CC3)cnn12.CNc1cc(Nc2cccnc2OC)nc2c(C(=O)CC3CC3)cnn12.COc1ncccc1N.COc1ncccc1N.COc1ncccc1Nc1cc(N(C)C(=O)OC(C)(C)C)n2ncc(C(=O)CC3CC3)c2n1.COc1ncccc1[N+](=O)[O-].O=[N+]([O-])c1cccnc1Cl. The maximum Gasteiger partial charge on any atom is 0.415 e. The second kappa shape index (κ2) is 42.4. The van der Waals surface area contributed by atoms with Gasteiger partial charge in [-0.25, -0.2) is 54.4 Å². The van der Waals surface area contributed by atoms with Crippen LogP contribution in [0.2, 0.25) is 10.3 Å². The number of fused-ring (bicyclic) bond motifs is 3. The van der Waals surface area contributed by atoms with E-state index in [0.29, 0.717) is 122 Å². The molecular formula is C80H93Cl2N25O16. The van der Waals surface area contributed by atoms with Crippen molar-refractivity contribution in [2.45, 2.75) is 110 Å². The molecule has 0 aromatic carbocycles. The summed E-state index contributed by atoms with van der Waals surface area (Å²) in [5.74, 6) is 5.10. The van der Waals surface area contributed by atoms with Crippen LogP contribution in [0.3, 0.4) is 0 Å². The smallest absolute Gasteiger partial charge is 0.415 e. The van der Waals surface area contributed by atoms with Crippen LogP contribution in [0, 0.1) is 32.1 Å². The molecule has 0 atom stereocenters. The van der Waals surface area contributed by atoms with Gasteiger partial charge in [-0.05, 0) is 153 Å². The highest BCUT2D eigenvalue weighted by Gasteiger charge is 2.32. The van der Waals surface area contributed by atoms with Crippen molar-refractivity contribution >= 4 is 133 Å². The highest BCUT2D eigenvalue weighted by atomic mass is 35.5. The standard InChI is InChI=1S/C23H28N6O4.C18H20N6O2.C16H20ClN5O3.C6H6N2O3.2C6H8N2O.C5H3ClN2O2/c1-23(2,3)33-22(31)28(4)19-12-18(26-16-7-6-10-24-21(16)32-5)27-20-15(13-25-29(19)20)17(30)11-14-8-9-14;1-19-16-9-15(22-13-4-3-7-20-18(13)26-2)23-17-12(10-21-24(16)17)14(25)8-11-5-6-11;1-16(2,3)25-15(24)21(4)12-7-11(17)20-13-10(8-18-22(12)13)14(23)19-9-5-6-9;1-11-6-5(8(9)10)3-2-4-7-6;2*1-9-6-5(7)3-2-4-8-6;6-5-4(8(9)10)2-1-3-7-5/h6-7,10,12-14H,8-9,11H2,1-5H3,(H,26,27);3-4,7,9-11,19H,5-6,8H2,1-2H3,(H,22,23);7-9H,5-6H2,1-4H3,(H,19,23);2-4H,1H3;2*2-4H,7H2,1H3;1-3H. The molecule has 123 heavy (non-hydrogen) atoms. The average molecular weight is 1730 g/mol.